The van der Waals surface area contributed by atoms with Crippen LogP contribution >= 0.6 is 11.3 Å². The van der Waals surface area contributed by atoms with Crippen LogP contribution in [-0.2, 0) is 16.0 Å². The van der Waals surface area contributed by atoms with Crippen molar-refractivity contribution in [3.63, 3.8) is 0 Å². The van der Waals surface area contributed by atoms with Gasteiger partial charge in [0.15, 0.2) is 5.78 Å². The average molecular weight is 295 g/mol. The molecule has 2 rings (SSSR count). The van der Waals surface area contributed by atoms with Gasteiger partial charge in [0.1, 0.15) is 5.00 Å². The Balaban J connectivity index is 2.46. The normalized spacial score (nSPS) is 13.8. The molecule has 108 valence electrons. The molecule has 0 saturated carbocycles. The topological polar surface area (TPSA) is 72.5 Å². The van der Waals surface area contributed by atoms with Crippen LogP contribution in [0.5, 0.6) is 0 Å². The highest BCUT2D eigenvalue weighted by molar-refractivity contribution is 7.18. The maximum Gasteiger partial charge on any atom is 0.341 e. The Bertz CT molecular complexity index is 562. The lowest BCUT2D eigenvalue weighted by Gasteiger charge is -2.11. The number of ether oxygens (including phenoxy) is 1. The van der Waals surface area contributed by atoms with Crippen LogP contribution in [0.4, 0.5) is 5.00 Å². The number of fused-ring (bicyclic) bond motifs is 1. The van der Waals surface area contributed by atoms with Crippen molar-refractivity contribution in [3.05, 3.63) is 16.0 Å². The molecule has 0 aliphatic heterocycles. The minimum absolute atomic E-state index is 0.0406. The highest BCUT2D eigenvalue weighted by atomic mass is 32.1. The maximum atomic E-state index is 12.1. The summed E-state index contributed by atoms with van der Waals surface area (Å²) in [5.41, 5.74) is 1.10. The van der Waals surface area contributed by atoms with Crippen molar-refractivity contribution in [3.8, 4) is 0 Å². The standard InChI is InChI=1S/C14H17NO4S/c1-3-10(17)15-13-11(14(18)19-4-2)8-6-5-7-9(16)12(8)20-13/h3-7H2,1-2H3,(H,15,17). The van der Waals surface area contributed by atoms with Crippen molar-refractivity contribution in [1.29, 1.82) is 0 Å². The zero-order valence-electron chi connectivity index (χ0n) is 11.6. The van der Waals surface area contributed by atoms with Gasteiger partial charge in [-0.3, -0.25) is 9.59 Å². The molecule has 0 spiro atoms. The molecular formula is C14H17NO4S. The first-order valence-electron chi connectivity index (χ1n) is 6.74. The Labute approximate surface area is 121 Å². The average Bonchev–Trinajstić information content (AvgIpc) is 2.78. The fourth-order valence-corrected chi connectivity index (χ4v) is 3.41. The molecule has 1 heterocycles. The first kappa shape index (κ1) is 14.7. The van der Waals surface area contributed by atoms with Crippen molar-refractivity contribution in [2.24, 2.45) is 0 Å². The van der Waals surface area contributed by atoms with Gasteiger partial charge in [-0.2, -0.15) is 0 Å². The predicted octanol–water partition coefficient (Wildman–Crippen LogP) is 2.79. The molecule has 0 bridgehead atoms. The van der Waals surface area contributed by atoms with E-state index in [0.29, 0.717) is 34.7 Å². The van der Waals surface area contributed by atoms with Crippen LogP contribution in [0.3, 0.4) is 0 Å². The van der Waals surface area contributed by atoms with E-state index in [4.69, 9.17) is 4.74 Å². The fourth-order valence-electron chi connectivity index (χ4n) is 2.19. The number of amides is 1. The van der Waals surface area contributed by atoms with Crippen LogP contribution in [0.1, 0.15) is 58.7 Å². The quantitative estimate of drug-likeness (QED) is 0.867. The molecule has 20 heavy (non-hydrogen) atoms. The van der Waals surface area contributed by atoms with Crippen molar-refractivity contribution in [1.82, 2.24) is 0 Å². The van der Waals surface area contributed by atoms with Crippen molar-refractivity contribution < 1.29 is 19.1 Å². The van der Waals surface area contributed by atoms with Crippen LogP contribution in [0.15, 0.2) is 0 Å². The Morgan fingerprint density at radius 1 is 1.30 bits per heavy atom. The Morgan fingerprint density at radius 2 is 2.05 bits per heavy atom. The van der Waals surface area contributed by atoms with E-state index in [-0.39, 0.29) is 18.3 Å². The molecule has 0 aromatic carbocycles. The third-order valence-electron chi connectivity index (χ3n) is 3.14. The molecule has 1 N–H and O–H groups in total. The summed E-state index contributed by atoms with van der Waals surface area (Å²) in [5.74, 6) is -0.605. The van der Waals surface area contributed by atoms with E-state index in [1.165, 1.54) is 11.3 Å². The minimum atomic E-state index is -0.467. The monoisotopic (exact) mass is 295 g/mol. The smallest absolute Gasteiger partial charge is 0.341 e. The van der Waals surface area contributed by atoms with E-state index in [1.54, 1.807) is 13.8 Å². The molecule has 0 radical (unpaired) electrons. The zero-order chi connectivity index (χ0) is 14.7. The van der Waals surface area contributed by atoms with Crippen molar-refractivity contribution >= 4 is 34.0 Å². The number of anilines is 1. The Hall–Kier alpha value is -1.69. The first-order chi connectivity index (χ1) is 9.58. The molecule has 0 unspecified atom stereocenters. The zero-order valence-corrected chi connectivity index (χ0v) is 12.4. The third kappa shape index (κ3) is 2.75. The molecule has 1 aromatic heterocycles. The Morgan fingerprint density at radius 3 is 2.70 bits per heavy atom. The molecule has 1 amide bonds. The van der Waals surface area contributed by atoms with E-state index in [9.17, 15) is 14.4 Å². The lowest BCUT2D eigenvalue weighted by Crippen LogP contribution is -2.15. The molecule has 1 aliphatic rings. The number of hydrogen-bond donors (Lipinski definition) is 1. The van der Waals surface area contributed by atoms with Gasteiger partial charge in [-0.25, -0.2) is 4.79 Å². The van der Waals surface area contributed by atoms with Gasteiger partial charge in [0, 0.05) is 12.8 Å². The van der Waals surface area contributed by atoms with E-state index >= 15 is 0 Å². The summed E-state index contributed by atoms with van der Waals surface area (Å²) in [5, 5.41) is 3.14. The van der Waals surface area contributed by atoms with Crippen molar-refractivity contribution in [2.45, 2.75) is 39.5 Å². The second-order valence-corrected chi connectivity index (χ2v) is 5.53. The second kappa shape index (κ2) is 6.17. The van der Waals surface area contributed by atoms with Gasteiger partial charge in [0.25, 0.3) is 0 Å². The van der Waals surface area contributed by atoms with Crippen LogP contribution in [0.25, 0.3) is 0 Å². The van der Waals surface area contributed by atoms with Gasteiger partial charge in [-0.05, 0) is 25.3 Å². The number of nitrogens with one attached hydrogen (secondary N) is 1. The number of hydrogen-bond acceptors (Lipinski definition) is 5. The van der Waals surface area contributed by atoms with E-state index < -0.39 is 5.97 Å². The molecule has 0 fully saturated rings. The van der Waals surface area contributed by atoms with Gasteiger partial charge < -0.3 is 10.1 Å². The van der Waals surface area contributed by atoms with Crippen molar-refractivity contribution in [2.75, 3.05) is 11.9 Å². The molecule has 5 nitrogen and oxygen atoms in total. The van der Waals surface area contributed by atoms with Crippen LogP contribution < -0.4 is 5.32 Å². The largest absolute Gasteiger partial charge is 0.462 e. The number of Topliss-reactive ketones (excluding diaryl/α,β-unsaturated/α-hetero) is 1. The highest BCUT2D eigenvalue weighted by Gasteiger charge is 2.30. The second-order valence-electron chi connectivity index (χ2n) is 4.51. The number of ketones is 1. The number of rotatable bonds is 4. The molecule has 1 aromatic rings. The summed E-state index contributed by atoms with van der Waals surface area (Å²) in [6.45, 7) is 3.72. The highest BCUT2D eigenvalue weighted by Crippen LogP contribution is 2.38. The SMILES string of the molecule is CCOC(=O)c1c(NC(=O)CC)sc2c1CCCC2=O. The molecule has 0 saturated heterocycles. The summed E-state index contributed by atoms with van der Waals surface area (Å²) in [6, 6.07) is 0. The van der Waals surface area contributed by atoms with Gasteiger partial charge in [0.2, 0.25) is 5.91 Å². The molecule has 6 heteroatoms. The molecule has 1 aliphatic carbocycles. The summed E-state index contributed by atoms with van der Waals surface area (Å²) < 4.78 is 5.05. The number of carbonyl (C=O) groups is 3. The molecular weight excluding hydrogens is 278 g/mol. The van der Waals surface area contributed by atoms with Gasteiger partial charge >= 0.3 is 5.97 Å². The van der Waals surface area contributed by atoms with Gasteiger partial charge in [0.05, 0.1) is 17.0 Å². The van der Waals surface area contributed by atoms with E-state index in [1.807, 2.05) is 0 Å². The minimum Gasteiger partial charge on any atom is -0.462 e. The summed E-state index contributed by atoms with van der Waals surface area (Å²) in [4.78, 5) is 36.2. The van der Waals surface area contributed by atoms with E-state index in [0.717, 1.165) is 12.0 Å². The van der Waals surface area contributed by atoms with Gasteiger partial charge in [-0.15, -0.1) is 11.3 Å². The maximum absolute atomic E-state index is 12.1. The lowest BCUT2D eigenvalue weighted by molar-refractivity contribution is -0.115. The lowest BCUT2D eigenvalue weighted by atomic mass is 9.94. The van der Waals surface area contributed by atoms with Crippen LogP contribution in [-0.4, -0.2) is 24.3 Å². The molecule has 0 atom stereocenters. The van der Waals surface area contributed by atoms with Crippen LogP contribution in [0, 0.1) is 0 Å². The summed E-state index contributed by atoms with van der Waals surface area (Å²) >= 11 is 1.19. The summed E-state index contributed by atoms with van der Waals surface area (Å²) in [6.07, 6.45) is 2.22. The predicted molar refractivity (Wildman–Crippen MR) is 76.5 cm³/mol. The number of thiophene rings is 1. The third-order valence-corrected chi connectivity index (χ3v) is 4.33. The van der Waals surface area contributed by atoms with Gasteiger partial charge in [-0.1, -0.05) is 6.92 Å². The number of carbonyl (C=O) groups excluding carboxylic acids is 3. The first-order valence-corrected chi connectivity index (χ1v) is 7.55. The fraction of sp³-hybridized carbons (Fsp3) is 0.500. The van der Waals surface area contributed by atoms with Crippen LogP contribution in [0.2, 0.25) is 0 Å². The summed E-state index contributed by atoms with van der Waals surface area (Å²) in [7, 11) is 0. The Kier molecular flexibility index (Phi) is 4.54. The number of esters is 1. The van der Waals surface area contributed by atoms with E-state index in [2.05, 4.69) is 5.32 Å².